The SMILES string of the molecule is C=C1c2ccccc2C(=O)N1CC(=O)Nc1ccc(NS(=O)(=O)CC)c(OC)c1. The van der Waals surface area contributed by atoms with Crippen LogP contribution in [0.3, 0.4) is 0 Å². The average molecular weight is 415 g/mol. The highest BCUT2D eigenvalue weighted by Gasteiger charge is 2.31. The van der Waals surface area contributed by atoms with Crippen LogP contribution in [0.1, 0.15) is 22.8 Å². The van der Waals surface area contributed by atoms with Crippen LogP contribution in [-0.4, -0.2) is 44.5 Å². The Kier molecular flexibility index (Phi) is 5.60. The Labute approximate surface area is 169 Å². The molecule has 0 radical (unpaired) electrons. The van der Waals surface area contributed by atoms with Gasteiger partial charge in [0.05, 0.1) is 18.6 Å². The summed E-state index contributed by atoms with van der Waals surface area (Å²) in [5, 5.41) is 2.68. The maximum Gasteiger partial charge on any atom is 0.259 e. The van der Waals surface area contributed by atoms with E-state index in [0.717, 1.165) is 0 Å². The minimum Gasteiger partial charge on any atom is -0.494 e. The van der Waals surface area contributed by atoms with Gasteiger partial charge in [-0.1, -0.05) is 24.8 Å². The largest absolute Gasteiger partial charge is 0.494 e. The van der Waals surface area contributed by atoms with Crippen molar-refractivity contribution in [3.05, 3.63) is 60.2 Å². The molecule has 1 heterocycles. The number of amides is 2. The first-order chi connectivity index (χ1) is 13.8. The molecule has 0 aromatic heterocycles. The number of hydrogen-bond acceptors (Lipinski definition) is 5. The Hall–Kier alpha value is -3.33. The number of rotatable bonds is 7. The molecule has 2 aromatic rings. The van der Waals surface area contributed by atoms with Crippen LogP contribution in [0.2, 0.25) is 0 Å². The normalized spacial score (nSPS) is 13.2. The van der Waals surface area contributed by atoms with Crippen LogP contribution in [-0.2, 0) is 14.8 Å². The first-order valence-corrected chi connectivity index (χ1v) is 10.5. The Bertz CT molecular complexity index is 1060. The fourth-order valence-electron chi connectivity index (χ4n) is 2.94. The van der Waals surface area contributed by atoms with E-state index in [1.807, 2.05) is 6.07 Å². The second-order valence-corrected chi connectivity index (χ2v) is 8.36. The van der Waals surface area contributed by atoms with Crippen molar-refractivity contribution in [3.63, 3.8) is 0 Å². The summed E-state index contributed by atoms with van der Waals surface area (Å²) in [7, 11) is -2.07. The van der Waals surface area contributed by atoms with E-state index < -0.39 is 15.9 Å². The summed E-state index contributed by atoms with van der Waals surface area (Å²) in [6.45, 7) is 5.24. The lowest BCUT2D eigenvalue weighted by Gasteiger charge is -2.17. The molecule has 0 saturated heterocycles. The van der Waals surface area contributed by atoms with Crippen molar-refractivity contribution >= 4 is 38.9 Å². The van der Waals surface area contributed by atoms with E-state index in [-0.39, 0.29) is 29.6 Å². The molecule has 0 fully saturated rings. The Morgan fingerprint density at radius 3 is 2.48 bits per heavy atom. The van der Waals surface area contributed by atoms with E-state index in [4.69, 9.17) is 4.74 Å². The minimum absolute atomic E-state index is 0.0786. The molecular formula is C20H21N3O5S. The van der Waals surface area contributed by atoms with Crippen LogP contribution in [0.15, 0.2) is 49.0 Å². The van der Waals surface area contributed by atoms with Crippen LogP contribution in [0.5, 0.6) is 5.75 Å². The summed E-state index contributed by atoms with van der Waals surface area (Å²) in [6.07, 6.45) is 0. The van der Waals surface area contributed by atoms with Crippen LogP contribution < -0.4 is 14.8 Å². The molecule has 2 amide bonds. The molecule has 8 nitrogen and oxygen atoms in total. The third-order valence-electron chi connectivity index (χ3n) is 4.47. The number of nitrogens with zero attached hydrogens (tertiary/aromatic N) is 1. The standard InChI is InChI=1S/C20H21N3O5S/c1-4-29(26,27)22-17-10-9-14(11-18(17)28-3)21-19(24)12-23-13(2)15-7-5-6-8-16(15)20(23)25/h5-11,22H,2,4,12H2,1,3H3,(H,21,24). The molecule has 2 N–H and O–H groups in total. The molecule has 29 heavy (non-hydrogen) atoms. The first-order valence-electron chi connectivity index (χ1n) is 8.84. The fraction of sp³-hybridized carbons (Fsp3) is 0.200. The predicted octanol–water partition coefficient (Wildman–Crippen LogP) is 2.52. The molecule has 9 heteroatoms. The van der Waals surface area contributed by atoms with Gasteiger partial charge in [-0.3, -0.25) is 19.2 Å². The van der Waals surface area contributed by atoms with Gasteiger partial charge >= 0.3 is 0 Å². The van der Waals surface area contributed by atoms with Crippen molar-refractivity contribution in [2.45, 2.75) is 6.92 Å². The van der Waals surface area contributed by atoms with Crippen LogP contribution in [0.4, 0.5) is 11.4 Å². The Morgan fingerprint density at radius 1 is 1.17 bits per heavy atom. The highest BCUT2D eigenvalue weighted by atomic mass is 32.2. The number of ether oxygens (including phenoxy) is 1. The quantitative estimate of drug-likeness (QED) is 0.723. The van der Waals surface area contributed by atoms with Gasteiger partial charge in [-0.05, 0) is 25.1 Å². The molecule has 0 saturated carbocycles. The van der Waals surface area contributed by atoms with Gasteiger partial charge in [0.25, 0.3) is 5.91 Å². The van der Waals surface area contributed by atoms with Gasteiger partial charge < -0.3 is 10.1 Å². The zero-order valence-electron chi connectivity index (χ0n) is 16.1. The third kappa shape index (κ3) is 4.24. The van der Waals surface area contributed by atoms with Crippen molar-refractivity contribution in [3.8, 4) is 5.75 Å². The summed E-state index contributed by atoms with van der Waals surface area (Å²) in [5.74, 6) is -0.516. The van der Waals surface area contributed by atoms with Gasteiger partial charge in [0, 0.05) is 28.6 Å². The smallest absolute Gasteiger partial charge is 0.259 e. The molecule has 0 unspecified atom stereocenters. The first kappa shape index (κ1) is 20.4. The maximum atomic E-state index is 12.5. The highest BCUT2D eigenvalue weighted by molar-refractivity contribution is 7.92. The van der Waals surface area contributed by atoms with E-state index in [9.17, 15) is 18.0 Å². The Balaban J connectivity index is 1.72. The number of nitrogens with one attached hydrogen (secondary N) is 2. The van der Waals surface area contributed by atoms with E-state index in [1.165, 1.54) is 31.1 Å². The molecule has 0 spiro atoms. The lowest BCUT2D eigenvalue weighted by atomic mass is 10.1. The number of sulfonamides is 1. The molecule has 0 atom stereocenters. The second kappa shape index (κ2) is 7.96. The molecule has 2 aromatic carbocycles. The summed E-state index contributed by atoms with van der Waals surface area (Å²) in [4.78, 5) is 26.3. The van der Waals surface area contributed by atoms with Gasteiger partial charge in [0.2, 0.25) is 15.9 Å². The molecule has 1 aliphatic heterocycles. The summed E-state index contributed by atoms with van der Waals surface area (Å²) in [5.41, 5.74) is 2.37. The van der Waals surface area contributed by atoms with E-state index in [0.29, 0.717) is 22.5 Å². The van der Waals surface area contributed by atoms with Crippen molar-refractivity contribution < 1.29 is 22.7 Å². The number of carbonyl (C=O) groups is 2. The van der Waals surface area contributed by atoms with Gasteiger partial charge in [-0.25, -0.2) is 8.42 Å². The summed E-state index contributed by atoms with van der Waals surface area (Å²) in [6, 6.07) is 11.6. The minimum atomic E-state index is -3.47. The van der Waals surface area contributed by atoms with E-state index in [2.05, 4.69) is 16.6 Å². The van der Waals surface area contributed by atoms with Crippen molar-refractivity contribution in [2.24, 2.45) is 0 Å². The topological polar surface area (TPSA) is 105 Å². The van der Waals surface area contributed by atoms with E-state index in [1.54, 1.807) is 24.3 Å². The van der Waals surface area contributed by atoms with Gasteiger partial charge in [0.15, 0.2) is 0 Å². The number of hydrogen-bond donors (Lipinski definition) is 2. The summed E-state index contributed by atoms with van der Waals surface area (Å²) >= 11 is 0. The predicted molar refractivity (Wildman–Crippen MR) is 111 cm³/mol. The van der Waals surface area contributed by atoms with E-state index >= 15 is 0 Å². The zero-order valence-corrected chi connectivity index (χ0v) is 16.9. The van der Waals surface area contributed by atoms with Crippen LogP contribution >= 0.6 is 0 Å². The summed E-state index contributed by atoms with van der Waals surface area (Å²) < 4.78 is 31.2. The number of methoxy groups -OCH3 is 1. The second-order valence-electron chi connectivity index (χ2n) is 6.35. The zero-order chi connectivity index (χ0) is 21.2. The number of benzene rings is 2. The van der Waals surface area contributed by atoms with Gasteiger partial charge in [0.1, 0.15) is 12.3 Å². The molecule has 0 aliphatic carbocycles. The van der Waals surface area contributed by atoms with Crippen LogP contribution in [0.25, 0.3) is 5.70 Å². The van der Waals surface area contributed by atoms with Gasteiger partial charge in [-0.15, -0.1) is 0 Å². The molecular weight excluding hydrogens is 394 g/mol. The van der Waals surface area contributed by atoms with Crippen LogP contribution in [0, 0.1) is 0 Å². The average Bonchev–Trinajstić information content (AvgIpc) is 2.94. The molecule has 1 aliphatic rings. The monoisotopic (exact) mass is 415 g/mol. The number of carbonyl (C=O) groups excluding carboxylic acids is 2. The maximum absolute atomic E-state index is 12.5. The lowest BCUT2D eigenvalue weighted by molar-refractivity contribution is -0.116. The van der Waals surface area contributed by atoms with Gasteiger partial charge in [-0.2, -0.15) is 0 Å². The molecule has 0 bridgehead atoms. The molecule has 152 valence electrons. The third-order valence-corrected chi connectivity index (χ3v) is 5.76. The fourth-order valence-corrected chi connectivity index (χ4v) is 3.59. The van der Waals surface area contributed by atoms with Crippen molar-refractivity contribution in [1.82, 2.24) is 4.90 Å². The lowest BCUT2D eigenvalue weighted by Crippen LogP contribution is -2.32. The Morgan fingerprint density at radius 2 is 1.86 bits per heavy atom. The number of fused-ring (bicyclic) bond motifs is 1. The van der Waals surface area contributed by atoms with Crippen molar-refractivity contribution in [1.29, 1.82) is 0 Å². The number of anilines is 2. The molecule has 3 rings (SSSR count). The highest BCUT2D eigenvalue weighted by Crippen LogP contribution is 2.31. The van der Waals surface area contributed by atoms with Crippen molar-refractivity contribution in [2.75, 3.05) is 29.4 Å².